The van der Waals surface area contributed by atoms with Gasteiger partial charge in [0, 0.05) is 24.5 Å². The molecular weight excluding hydrogens is 292 g/mol. The molecule has 4 nitrogen and oxygen atoms in total. The van der Waals surface area contributed by atoms with E-state index in [4.69, 9.17) is 0 Å². The van der Waals surface area contributed by atoms with E-state index in [1.54, 1.807) is 7.05 Å². The molecule has 0 spiro atoms. The number of nitrogens with one attached hydrogen (secondary N) is 1. The summed E-state index contributed by atoms with van der Waals surface area (Å²) in [6.45, 7) is 8.35. The van der Waals surface area contributed by atoms with Gasteiger partial charge in [-0.1, -0.05) is 29.8 Å². The van der Waals surface area contributed by atoms with Crippen molar-refractivity contribution >= 4 is 26.1 Å². The number of alkyl halides is 1. The Morgan fingerprint density at radius 2 is 1.75 bits per heavy atom. The third-order valence-electron chi connectivity index (χ3n) is 2.32. The Morgan fingerprint density at radius 1 is 1.25 bits per heavy atom. The van der Waals surface area contributed by atoms with E-state index in [1.807, 2.05) is 13.8 Å². The first-order valence-corrected chi connectivity index (χ1v) is 7.89. The SMILES string of the molecule is CC(C)CC(Br)CNS(=O)(=O)N(C)C(C)C. The molecule has 0 bridgehead atoms. The van der Waals surface area contributed by atoms with Crippen LogP contribution in [0.1, 0.15) is 34.1 Å². The maximum Gasteiger partial charge on any atom is 0.279 e. The van der Waals surface area contributed by atoms with Crippen LogP contribution in [0.25, 0.3) is 0 Å². The molecule has 1 N–H and O–H groups in total. The first kappa shape index (κ1) is 16.4. The molecule has 0 aliphatic rings. The molecule has 0 rings (SSSR count). The molecule has 98 valence electrons. The topological polar surface area (TPSA) is 49.4 Å². The quantitative estimate of drug-likeness (QED) is 0.730. The van der Waals surface area contributed by atoms with Crippen LogP contribution in [0.3, 0.4) is 0 Å². The summed E-state index contributed by atoms with van der Waals surface area (Å²) in [7, 11) is -1.76. The number of nitrogens with zero attached hydrogens (tertiary/aromatic N) is 1. The molecule has 0 aromatic heterocycles. The summed E-state index contributed by atoms with van der Waals surface area (Å²) in [4.78, 5) is 0.183. The summed E-state index contributed by atoms with van der Waals surface area (Å²) < 4.78 is 27.4. The average molecular weight is 315 g/mol. The predicted molar refractivity (Wildman–Crippen MR) is 72.0 cm³/mol. The van der Waals surface area contributed by atoms with Crippen molar-refractivity contribution in [1.82, 2.24) is 9.03 Å². The highest BCUT2D eigenvalue weighted by atomic mass is 79.9. The molecule has 0 aliphatic carbocycles. The van der Waals surface area contributed by atoms with Crippen LogP contribution in [0, 0.1) is 5.92 Å². The van der Waals surface area contributed by atoms with Crippen molar-refractivity contribution in [3.05, 3.63) is 0 Å². The van der Waals surface area contributed by atoms with E-state index in [2.05, 4.69) is 34.5 Å². The molecule has 0 heterocycles. The van der Waals surface area contributed by atoms with Gasteiger partial charge < -0.3 is 0 Å². The van der Waals surface area contributed by atoms with Crippen molar-refractivity contribution in [2.24, 2.45) is 5.92 Å². The van der Waals surface area contributed by atoms with Gasteiger partial charge in [0.2, 0.25) is 0 Å². The lowest BCUT2D eigenvalue weighted by atomic mass is 10.1. The monoisotopic (exact) mass is 314 g/mol. The van der Waals surface area contributed by atoms with Crippen molar-refractivity contribution in [2.45, 2.75) is 45.0 Å². The summed E-state index contributed by atoms with van der Waals surface area (Å²) >= 11 is 3.47. The summed E-state index contributed by atoms with van der Waals surface area (Å²) in [5.74, 6) is 0.553. The molecule has 0 amide bonds. The second kappa shape index (κ2) is 6.93. The van der Waals surface area contributed by atoms with Crippen LogP contribution in [0.2, 0.25) is 0 Å². The second-order valence-corrected chi connectivity index (χ2v) is 7.80. The van der Waals surface area contributed by atoms with Crippen molar-refractivity contribution in [3.63, 3.8) is 0 Å². The Labute approximate surface area is 108 Å². The lowest BCUT2D eigenvalue weighted by Gasteiger charge is -2.22. The van der Waals surface area contributed by atoms with Gasteiger partial charge in [-0.15, -0.1) is 0 Å². The van der Waals surface area contributed by atoms with Gasteiger partial charge in [0.1, 0.15) is 0 Å². The van der Waals surface area contributed by atoms with Gasteiger partial charge in [-0.3, -0.25) is 0 Å². The molecule has 0 aromatic rings. The van der Waals surface area contributed by atoms with Crippen molar-refractivity contribution < 1.29 is 8.42 Å². The van der Waals surface area contributed by atoms with Crippen LogP contribution in [-0.4, -0.2) is 37.2 Å². The molecular formula is C10H23BrN2O2S. The van der Waals surface area contributed by atoms with Crippen LogP contribution < -0.4 is 4.72 Å². The highest BCUT2D eigenvalue weighted by Crippen LogP contribution is 2.12. The number of hydrogen-bond donors (Lipinski definition) is 1. The minimum Gasteiger partial charge on any atom is -0.201 e. The van der Waals surface area contributed by atoms with Crippen LogP contribution in [0.5, 0.6) is 0 Å². The van der Waals surface area contributed by atoms with Crippen LogP contribution in [0.15, 0.2) is 0 Å². The van der Waals surface area contributed by atoms with Crippen LogP contribution in [0.4, 0.5) is 0 Å². The zero-order valence-electron chi connectivity index (χ0n) is 10.7. The van der Waals surface area contributed by atoms with E-state index < -0.39 is 10.2 Å². The maximum atomic E-state index is 11.8. The summed E-state index contributed by atoms with van der Waals surface area (Å²) in [6, 6.07) is -0.0311. The molecule has 0 radical (unpaired) electrons. The van der Waals surface area contributed by atoms with Gasteiger partial charge in [0.25, 0.3) is 10.2 Å². The second-order valence-electron chi connectivity index (χ2n) is 4.69. The predicted octanol–water partition coefficient (Wildman–Crippen LogP) is 1.97. The minimum atomic E-state index is -3.34. The molecule has 16 heavy (non-hydrogen) atoms. The number of rotatable bonds is 7. The molecule has 0 aromatic carbocycles. The zero-order chi connectivity index (χ0) is 12.9. The van der Waals surface area contributed by atoms with Crippen molar-refractivity contribution in [2.75, 3.05) is 13.6 Å². The maximum absolute atomic E-state index is 11.8. The highest BCUT2D eigenvalue weighted by Gasteiger charge is 2.20. The molecule has 1 atom stereocenters. The van der Waals surface area contributed by atoms with Gasteiger partial charge in [-0.05, 0) is 26.2 Å². The average Bonchev–Trinajstić information content (AvgIpc) is 2.12. The van der Waals surface area contributed by atoms with E-state index in [1.165, 1.54) is 4.31 Å². The first-order valence-electron chi connectivity index (χ1n) is 5.53. The van der Waals surface area contributed by atoms with Gasteiger partial charge >= 0.3 is 0 Å². The number of hydrogen-bond acceptors (Lipinski definition) is 2. The number of halogens is 1. The van der Waals surface area contributed by atoms with E-state index in [0.717, 1.165) is 6.42 Å². The van der Waals surface area contributed by atoms with E-state index in [-0.39, 0.29) is 10.9 Å². The van der Waals surface area contributed by atoms with Crippen LogP contribution in [-0.2, 0) is 10.2 Å². The van der Waals surface area contributed by atoms with Crippen molar-refractivity contribution in [1.29, 1.82) is 0 Å². The Balaban J connectivity index is 4.19. The van der Waals surface area contributed by atoms with Crippen molar-refractivity contribution in [3.8, 4) is 0 Å². The van der Waals surface area contributed by atoms with E-state index in [0.29, 0.717) is 12.5 Å². The lowest BCUT2D eigenvalue weighted by Crippen LogP contribution is -2.43. The van der Waals surface area contributed by atoms with Gasteiger partial charge in [-0.25, -0.2) is 4.72 Å². The van der Waals surface area contributed by atoms with Gasteiger partial charge in [0.15, 0.2) is 0 Å². The third-order valence-corrected chi connectivity index (χ3v) is 4.73. The zero-order valence-corrected chi connectivity index (χ0v) is 13.1. The molecule has 6 heteroatoms. The largest absolute Gasteiger partial charge is 0.279 e. The van der Waals surface area contributed by atoms with Gasteiger partial charge in [0.05, 0.1) is 0 Å². The Morgan fingerprint density at radius 3 is 2.12 bits per heavy atom. The normalized spacial score (nSPS) is 15.1. The molecule has 0 saturated carbocycles. The molecule has 1 unspecified atom stereocenters. The fourth-order valence-electron chi connectivity index (χ4n) is 1.17. The Hall–Kier alpha value is 0.350. The Kier molecular flexibility index (Phi) is 7.09. The summed E-state index contributed by atoms with van der Waals surface area (Å²) in [6.07, 6.45) is 0.952. The summed E-state index contributed by atoms with van der Waals surface area (Å²) in [5, 5.41) is 0. The van der Waals surface area contributed by atoms with E-state index in [9.17, 15) is 8.42 Å². The standard InChI is InChI=1S/C10H23BrN2O2S/c1-8(2)6-10(11)7-12-16(14,15)13(5)9(3)4/h8-10,12H,6-7H2,1-5H3. The van der Waals surface area contributed by atoms with E-state index >= 15 is 0 Å². The smallest absolute Gasteiger partial charge is 0.201 e. The minimum absolute atomic E-state index is 0.0311. The molecule has 0 fully saturated rings. The Bertz CT molecular complexity index is 291. The first-order chi connectivity index (χ1) is 7.16. The molecule has 0 aliphatic heterocycles. The molecule has 0 saturated heterocycles. The third kappa shape index (κ3) is 6.18. The lowest BCUT2D eigenvalue weighted by molar-refractivity contribution is 0.401. The highest BCUT2D eigenvalue weighted by molar-refractivity contribution is 9.09. The summed E-state index contributed by atoms with van der Waals surface area (Å²) in [5.41, 5.74) is 0. The fourth-order valence-corrected chi connectivity index (χ4v) is 3.46. The van der Waals surface area contributed by atoms with Gasteiger partial charge in [-0.2, -0.15) is 12.7 Å². The van der Waals surface area contributed by atoms with Crippen LogP contribution >= 0.6 is 15.9 Å². The fraction of sp³-hybridized carbons (Fsp3) is 1.00.